The second-order valence-corrected chi connectivity index (χ2v) is 4.03. The van der Waals surface area contributed by atoms with Crippen LogP contribution in [-0.2, 0) is 0 Å². The second-order valence-electron chi connectivity index (χ2n) is 2.68. The molecular weight excluding hydrogens is 207 g/mol. The van der Waals surface area contributed by atoms with Crippen LogP contribution in [0.5, 0.6) is 0 Å². The van der Waals surface area contributed by atoms with Crippen LogP contribution >= 0.6 is 23.2 Å². The first kappa shape index (κ1) is 8.73. The zero-order valence-electron chi connectivity index (χ0n) is 6.61. The molecule has 0 aliphatic carbocycles. The highest BCUT2D eigenvalue weighted by Gasteiger charge is 2.20. The Kier molecular flexibility index (Phi) is 2.10. The molecule has 0 saturated heterocycles. The smallest absolute Gasteiger partial charge is 0.152 e. The van der Waals surface area contributed by atoms with Crippen molar-refractivity contribution >= 4 is 35.0 Å². The summed E-state index contributed by atoms with van der Waals surface area (Å²) >= 11 is 11.6. The van der Waals surface area contributed by atoms with Gasteiger partial charge in [-0.3, -0.25) is 0 Å². The summed E-state index contributed by atoms with van der Waals surface area (Å²) in [5.74, 6) is 0. The highest BCUT2D eigenvalue weighted by atomic mass is 35.5. The van der Waals surface area contributed by atoms with E-state index in [1.807, 2.05) is 30.3 Å². The maximum Gasteiger partial charge on any atom is 0.246 e. The van der Waals surface area contributed by atoms with E-state index in [0.717, 1.165) is 11.3 Å². The van der Waals surface area contributed by atoms with Crippen LogP contribution in [0.4, 0.5) is 5.69 Å². The van der Waals surface area contributed by atoms with Crippen LogP contribution in [0.2, 0.25) is 0 Å². The van der Waals surface area contributed by atoms with Crippen LogP contribution in [0.15, 0.2) is 40.6 Å². The molecule has 0 radical (unpaired) electrons. The minimum Gasteiger partial charge on any atom is -0.152 e. The van der Waals surface area contributed by atoms with Gasteiger partial charge in [0.25, 0.3) is 0 Å². The van der Waals surface area contributed by atoms with Crippen molar-refractivity contribution in [2.45, 2.75) is 4.46 Å². The SMILES string of the molecule is ClC1(Cl)C=Cc2ccccc2N=N1. The molecule has 0 spiro atoms. The monoisotopic (exact) mass is 212 g/mol. The van der Waals surface area contributed by atoms with Crippen molar-refractivity contribution in [1.82, 2.24) is 0 Å². The number of benzene rings is 1. The molecule has 0 aromatic heterocycles. The zero-order chi connectivity index (χ0) is 9.31. The predicted molar refractivity (Wildman–Crippen MR) is 54.4 cm³/mol. The lowest BCUT2D eigenvalue weighted by Gasteiger charge is -2.02. The molecule has 0 fully saturated rings. The molecule has 0 N–H and O–H groups in total. The third-order valence-electron chi connectivity index (χ3n) is 1.69. The number of fused-ring (bicyclic) bond motifs is 1. The van der Waals surface area contributed by atoms with E-state index < -0.39 is 4.46 Å². The van der Waals surface area contributed by atoms with Crippen LogP contribution in [0.1, 0.15) is 5.56 Å². The molecule has 1 aromatic rings. The zero-order valence-corrected chi connectivity index (χ0v) is 8.13. The van der Waals surface area contributed by atoms with E-state index in [4.69, 9.17) is 23.2 Å². The normalized spacial score (nSPS) is 18.0. The lowest BCUT2D eigenvalue weighted by atomic mass is 10.2. The summed E-state index contributed by atoms with van der Waals surface area (Å²) in [5.41, 5.74) is 1.75. The summed E-state index contributed by atoms with van der Waals surface area (Å²) in [5, 5.41) is 7.70. The standard InChI is InChI=1S/C9H6Cl2N2/c10-9(11)6-5-7-3-1-2-4-8(7)12-13-9/h1-6H. The number of azo groups is 1. The van der Waals surface area contributed by atoms with E-state index >= 15 is 0 Å². The number of halogens is 2. The second kappa shape index (κ2) is 3.13. The topological polar surface area (TPSA) is 24.7 Å². The molecule has 2 rings (SSSR count). The fraction of sp³-hybridized carbons (Fsp3) is 0.111. The lowest BCUT2D eigenvalue weighted by molar-refractivity contribution is 0.945. The summed E-state index contributed by atoms with van der Waals surface area (Å²) in [6, 6.07) is 7.60. The van der Waals surface area contributed by atoms with E-state index in [-0.39, 0.29) is 0 Å². The molecule has 0 unspecified atom stereocenters. The highest BCUT2D eigenvalue weighted by molar-refractivity contribution is 6.49. The number of nitrogens with zero attached hydrogens (tertiary/aromatic N) is 2. The third kappa shape index (κ3) is 1.90. The van der Waals surface area contributed by atoms with Gasteiger partial charge in [-0.25, -0.2) is 0 Å². The minimum absolute atomic E-state index is 0.780. The molecule has 1 aliphatic heterocycles. The number of hydrogen-bond acceptors (Lipinski definition) is 2. The number of alkyl halides is 2. The summed E-state index contributed by atoms with van der Waals surface area (Å²) in [7, 11) is 0. The summed E-state index contributed by atoms with van der Waals surface area (Å²) in [6.07, 6.45) is 3.42. The van der Waals surface area contributed by atoms with Gasteiger partial charge in [0.15, 0.2) is 0 Å². The summed E-state index contributed by atoms with van der Waals surface area (Å²) < 4.78 is -1.24. The predicted octanol–water partition coefficient (Wildman–Crippen LogP) is 3.93. The Labute approximate surface area is 85.9 Å². The van der Waals surface area contributed by atoms with Crippen LogP contribution in [0.25, 0.3) is 6.08 Å². The van der Waals surface area contributed by atoms with E-state index in [2.05, 4.69) is 10.2 Å². The van der Waals surface area contributed by atoms with E-state index in [1.165, 1.54) is 0 Å². The molecule has 0 saturated carbocycles. The highest BCUT2D eigenvalue weighted by Crippen LogP contribution is 2.33. The molecule has 13 heavy (non-hydrogen) atoms. The maximum absolute atomic E-state index is 5.78. The first-order valence-electron chi connectivity index (χ1n) is 3.76. The van der Waals surface area contributed by atoms with E-state index in [0.29, 0.717) is 0 Å². The van der Waals surface area contributed by atoms with Crippen molar-refractivity contribution in [2.24, 2.45) is 10.2 Å². The molecule has 66 valence electrons. The molecule has 1 aromatic carbocycles. The Morgan fingerprint density at radius 3 is 2.77 bits per heavy atom. The van der Waals surface area contributed by atoms with Gasteiger partial charge in [0.1, 0.15) is 0 Å². The molecule has 0 bridgehead atoms. The van der Waals surface area contributed by atoms with Crippen molar-refractivity contribution in [2.75, 3.05) is 0 Å². The van der Waals surface area contributed by atoms with Crippen LogP contribution in [-0.4, -0.2) is 4.46 Å². The molecule has 1 heterocycles. The van der Waals surface area contributed by atoms with E-state index in [9.17, 15) is 0 Å². The molecular formula is C9H6Cl2N2. The Balaban J connectivity index is 2.53. The first-order chi connectivity index (χ1) is 6.17. The van der Waals surface area contributed by atoms with Crippen LogP contribution in [0.3, 0.4) is 0 Å². The molecule has 0 atom stereocenters. The Morgan fingerprint density at radius 2 is 1.92 bits per heavy atom. The van der Waals surface area contributed by atoms with Gasteiger partial charge in [-0.05, 0) is 12.1 Å². The fourth-order valence-corrected chi connectivity index (χ4v) is 1.27. The Bertz CT molecular complexity index is 348. The van der Waals surface area contributed by atoms with Crippen molar-refractivity contribution in [3.05, 3.63) is 35.9 Å². The van der Waals surface area contributed by atoms with Gasteiger partial charge in [-0.2, -0.15) is 5.11 Å². The van der Waals surface area contributed by atoms with Gasteiger partial charge in [0.05, 0.1) is 5.69 Å². The summed E-state index contributed by atoms with van der Waals surface area (Å²) in [4.78, 5) is 0. The largest absolute Gasteiger partial charge is 0.246 e. The average Bonchev–Trinajstić information content (AvgIpc) is 2.27. The van der Waals surface area contributed by atoms with Gasteiger partial charge < -0.3 is 0 Å². The fourth-order valence-electron chi connectivity index (χ4n) is 1.06. The average molecular weight is 213 g/mol. The van der Waals surface area contributed by atoms with Gasteiger partial charge in [0.2, 0.25) is 4.46 Å². The van der Waals surface area contributed by atoms with Crippen molar-refractivity contribution in [3.8, 4) is 0 Å². The molecule has 0 amide bonds. The first-order valence-corrected chi connectivity index (χ1v) is 4.52. The lowest BCUT2D eigenvalue weighted by Crippen LogP contribution is -2.00. The number of hydrogen-bond donors (Lipinski definition) is 0. The van der Waals surface area contributed by atoms with Gasteiger partial charge >= 0.3 is 0 Å². The Hall–Kier alpha value is -0.860. The summed E-state index contributed by atoms with van der Waals surface area (Å²) in [6.45, 7) is 0. The maximum atomic E-state index is 5.78. The molecule has 2 nitrogen and oxygen atoms in total. The third-order valence-corrected chi connectivity index (χ3v) is 2.09. The van der Waals surface area contributed by atoms with Gasteiger partial charge in [-0.1, -0.05) is 47.5 Å². The Morgan fingerprint density at radius 1 is 1.15 bits per heavy atom. The van der Waals surface area contributed by atoms with Crippen LogP contribution in [0, 0.1) is 0 Å². The van der Waals surface area contributed by atoms with Crippen molar-refractivity contribution in [1.29, 1.82) is 0 Å². The number of rotatable bonds is 0. The minimum atomic E-state index is -1.24. The molecule has 1 aliphatic rings. The van der Waals surface area contributed by atoms with Crippen molar-refractivity contribution < 1.29 is 0 Å². The van der Waals surface area contributed by atoms with Gasteiger partial charge in [-0.15, -0.1) is 5.11 Å². The van der Waals surface area contributed by atoms with Gasteiger partial charge in [0, 0.05) is 5.56 Å². The molecule has 4 heteroatoms. The van der Waals surface area contributed by atoms with Crippen molar-refractivity contribution in [3.63, 3.8) is 0 Å². The quantitative estimate of drug-likeness (QED) is 0.460. The van der Waals surface area contributed by atoms with E-state index in [1.54, 1.807) is 6.08 Å². The van der Waals surface area contributed by atoms with Crippen LogP contribution < -0.4 is 0 Å².